The van der Waals surface area contributed by atoms with Gasteiger partial charge in [0.25, 0.3) is 0 Å². The number of ether oxygens (including phenoxy) is 1. The number of methoxy groups -OCH3 is 1. The van der Waals surface area contributed by atoms with E-state index in [1.54, 1.807) is 7.11 Å². The average Bonchev–Trinajstić information content (AvgIpc) is 2.96. The molecule has 0 radical (unpaired) electrons. The zero-order valence-electron chi connectivity index (χ0n) is 17.4. The molecule has 3 amide bonds. The number of carbonyl (C=O) groups excluding carboxylic acids is 3. The molecule has 3 atom stereocenters. The average molecular weight is 399 g/mol. The Morgan fingerprint density at radius 1 is 1.10 bits per heavy atom. The number of likely N-dealkylation sites (tertiary alicyclic amines) is 1. The summed E-state index contributed by atoms with van der Waals surface area (Å²) in [5, 5.41) is 3.08. The van der Waals surface area contributed by atoms with Gasteiger partial charge in [-0.25, -0.2) is 0 Å². The summed E-state index contributed by atoms with van der Waals surface area (Å²) in [6, 6.07) is 7.55. The minimum Gasteiger partial charge on any atom is -0.497 e. The zero-order chi connectivity index (χ0) is 21.0. The summed E-state index contributed by atoms with van der Waals surface area (Å²) >= 11 is 0. The molecule has 6 heteroatoms. The first-order valence-corrected chi connectivity index (χ1v) is 10.3. The molecule has 0 saturated carbocycles. The minimum absolute atomic E-state index is 0.120. The van der Waals surface area contributed by atoms with Gasteiger partial charge in [0.2, 0.25) is 17.7 Å². The Kier molecular flexibility index (Phi) is 6.72. The molecule has 1 aromatic rings. The molecular formula is C23H30N2O4. The maximum absolute atomic E-state index is 12.6. The lowest BCUT2D eigenvalue weighted by Crippen LogP contribution is -2.36. The van der Waals surface area contributed by atoms with E-state index >= 15 is 0 Å². The Morgan fingerprint density at radius 2 is 1.69 bits per heavy atom. The van der Waals surface area contributed by atoms with Crippen molar-refractivity contribution < 1.29 is 19.1 Å². The Labute approximate surface area is 172 Å². The largest absolute Gasteiger partial charge is 0.497 e. The number of hydrogen-bond donors (Lipinski definition) is 1. The molecule has 1 fully saturated rings. The number of imide groups is 1. The molecule has 1 unspecified atom stereocenters. The number of hydrogen-bond acceptors (Lipinski definition) is 4. The molecule has 0 bridgehead atoms. The van der Waals surface area contributed by atoms with Crippen LogP contribution in [-0.4, -0.2) is 36.3 Å². The topological polar surface area (TPSA) is 75.7 Å². The Hall–Kier alpha value is -2.63. The van der Waals surface area contributed by atoms with Crippen LogP contribution in [0.5, 0.6) is 5.75 Å². The first-order chi connectivity index (χ1) is 13.9. The molecule has 29 heavy (non-hydrogen) atoms. The lowest BCUT2D eigenvalue weighted by Gasteiger charge is -2.22. The van der Waals surface area contributed by atoms with Crippen LogP contribution in [0.1, 0.15) is 51.1 Å². The quantitative estimate of drug-likeness (QED) is 0.539. The van der Waals surface area contributed by atoms with Gasteiger partial charge >= 0.3 is 0 Å². The van der Waals surface area contributed by atoms with Gasteiger partial charge in [-0.1, -0.05) is 38.1 Å². The molecule has 2 aliphatic rings. The van der Waals surface area contributed by atoms with Crippen LogP contribution in [0.15, 0.2) is 36.4 Å². The molecule has 0 aromatic heterocycles. The fourth-order valence-electron chi connectivity index (χ4n) is 4.16. The Bertz CT molecular complexity index is 759. The molecule has 1 aliphatic carbocycles. The lowest BCUT2D eigenvalue weighted by molar-refractivity contribution is -0.140. The van der Waals surface area contributed by atoms with Crippen molar-refractivity contribution in [1.82, 2.24) is 10.2 Å². The van der Waals surface area contributed by atoms with Crippen molar-refractivity contribution in [3.05, 3.63) is 42.0 Å². The highest BCUT2D eigenvalue weighted by Crippen LogP contribution is 2.35. The molecule has 156 valence electrons. The first kappa shape index (κ1) is 21.1. The number of nitrogens with zero attached hydrogens (tertiary/aromatic N) is 1. The normalized spacial score (nSPS) is 22.0. The van der Waals surface area contributed by atoms with Crippen LogP contribution in [-0.2, 0) is 14.4 Å². The van der Waals surface area contributed by atoms with Crippen molar-refractivity contribution in [3.63, 3.8) is 0 Å². The van der Waals surface area contributed by atoms with Crippen LogP contribution in [0.4, 0.5) is 0 Å². The second kappa shape index (κ2) is 9.25. The first-order valence-electron chi connectivity index (χ1n) is 10.3. The molecule has 3 rings (SSSR count). The van der Waals surface area contributed by atoms with Gasteiger partial charge in [0.05, 0.1) is 25.0 Å². The predicted molar refractivity (Wildman–Crippen MR) is 110 cm³/mol. The van der Waals surface area contributed by atoms with Crippen molar-refractivity contribution in [2.75, 3.05) is 13.7 Å². The van der Waals surface area contributed by atoms with Gasteiger partial charge in [-0.05, 0) is 42.9 Å². The number of carbonyl (C=O) groups is 3. The van der Waals surface area contributed by atoms with Gasteiger partial charge in [-0.3, -0.25) is 19.3 Å². The zero-order valence-corrected chi connectivity index (χ0v) is 17.4. The Balaban J connectivity index is 1.60. The van der Waals surface area contributed by atoms with Crippen LogP contribution in [0.25, 0.3) is 0 Å². The molecule has 1 aromatic carbocycles. The van der Waals surface area contributed by atoms with Crippen molar-refractivity contribution >= 4 is 17.7 Å². The highest BCUT2D eigenvalue weighted by molar-refractivity contribution is 6.05. The van der Waals surface area contributed by atoms with E-state index in [9.17, 15) is 14.4 Å². The molecular weight excluding hydrogens is 368 g/mol. The van der Waals surface area contributed by atoms with Gasteiger partial charge in [0.1, 0.15) is 5.75 Å². The Morgan fingerprint density at radius 3 is 2.21 bits per heavy atom. The third kappa shape index (κ3) is 4.86. The third-order valence-electron chi connectivity index (χ3n) is 5.72. The van der Waals surface area contributed by atoms with E-state index in [-0.39, 0.29) is 48.6 Å². The summed E-state index contributed by atoms with van der Waals surface area (Å²) < 4.78 is 5.21. The molecule has 6 nitrogen and oxygen atoms in total. The monoisotopic (exact) mass is 398 g/mol. The number of amides is 3. The number of benzene rings is 1. The fourth-order valence-corrected chi connectivity index (χ4v) is 4.16. The summed E-state index contributed by atoms with van der Waals surface area (Å²) in [6.07, 6.45) is 6.09. The van der Waals surface area contributed by atoms with Crippen LogP contribution < -0.4 is 10.1 Å². The number of allylic oxidation sites excluding steroid dienone is 2. The van der Waals surface area contributed by atoms with Gasteiger partial charge in [0.15, 0.2) is 0 Å². The van der Waals surface area contributed by atoms with E-state index in [4.69, 9.17) is 4.74 Å². The fraction of sp³-hybridized carbons (Fsp3) is 0.522. The van der Waals surface area contributed by atoms with E-state index in [2.05, 4.69) is 19.2 Å². The summed E-state index contributed by atoms with van der Waals surface area (Å²) in [7, 11) is 1.62. The van der Waals surface area contributed by atoms with Crippen molar-refractivity contribution in [2.45, 2.75) is 45.6 Å². The maximum Gasteiger partial charge on any atom is 0.233 e. The van der Waals surface area contributed by atoms with E-state index < -0.39 is 0 Å². The summed E-state index contributed by atoms with van der Waals surface area (Å²) in [6.45, 7) is 4.37. The van der Waals surface area contributed by atoms with Gasteiger partial charge in [-0.15, -0.1) is 0 Å². The van der Waals surface area contributed by atoms with E-state index in [0.717, 1.165) is 17.7 Å². The van der Waals surface area contributed by atoms with Gasteiger partial charge < -0.3 is 10.1 Å². The minimum atomic E-state index is -0.247. The second-order valence-corrected chi connectivity index (χ2v) is 8.26. The molecule has 1 aliphatic heterocycles. The predicted octanol–water partition coefficient (Wildman–Crippen LogP) is 3.24. The van der Waals surface area contributed by atoms with Crippen LogP contribution in [0, 0.1) is 17.8 Å². The number of rotatable bonds is 8. The van der Waals surface area contributed by atoms with Crippen molar-refractivity contribution in [2.24, 2.45) is 17.8 Å². The van der Waals surface area contributed by atoms with Crippen molar-refractivity contribution in [1.29, 1.82) is 0 Å². The van der Waals surface area contributed by atoms with Gasteiger partial charge in [-0.2, -0.15) is 0 Å². The van der Waals surface area contributed by atoms with Crippen molar-refractivity contribution in [3.8, 4) is 5.75 Å². The number of nitrogens with one attached hydrogen (secondary N) is 1. The standard InChI is InChI=1S/C23H30N2O4/c1-15(2)14-20(16-8-10-17(29-3)11-9-16)24-21(26)12-13-25-22(27)18-6-4-5-7-19(18)23(25)28/h4-5,8-11,15,18-20H,6-7,12-14H2,1-3H3,(H,24,26)/t18-,19+,20?. The summed E-state index contributed by atoms with van der Waals surface area (Å²) in [5.74, 6) is 0.259. The van der Waals surface area contributed by atoms with E-state index in [0.29, 0.717) is 18.8 Å². The smallest absolute Gasteiger partial charge is 0.233 e. The summed E-state index contributed by atoms with van der Waals surface area (Å²) in [4.78, 5) is 39.0. The van der Waals surface area contributed by atoms with E-state index in [1.165, 1.54) is 4.90 Å². The van der Waals surface area contributed by atoms with E-state index in [1.807, 2.05) is 36.4 Å². The highest BCUT2D eigenvalue weighted by Gasteiger charge is 2.46. The molecule has 1 N–H and O–H groups in total. The third-order valence-corrected chi connectivity index (χ3v) is 5.72. The van der Waals surface area contributed by atoms with Crippen LogP contribution >= 0.6 is 0 Å². The van der Waals surface area contributed by atoms with Gasteiger partial charge in [0, 0.05) is 13.0 Å². The second-order valence-electron chi connectivity index (χ2n) is 8.26. The maximum atomic E-state index is 12.6. The summed E-state index contributed by atoms with van der Waals surface area (Å²) in [5.41, 5.74) is 1.01. The molecule has 0 spiro atoms. The molecule has 1 saturated heterocycles. The SMILES string of the molecule is COc1ccc(C(CC(C)C)NC(=O)CCN2C(=O)[C@H]3CC=CC[C@H]3C2=O)cc1. The highest BCUT2D eigenvalue weighted by atomic mass is 16.5. The van der Waals surface area contributed by atoms with Crippen LogP contribution in [0.3, 0.4) is 0 Å². The number of fused-ring (bicyclic) bond motifs is 1. The lowest BCUT2D eigenvalue weighted by atomic mass is 9.85. The molecule has 1 heterocycles. The van der Waals surface area contributed by atoms with Crippen LogP contribution in [0.2, 0.25) is 0 Å².